The molecule has 0 spiro atoms. The van der Waals surface area contributed by atoms with Crippen molar-refractivity contribution in [1.82, 2.24) is 48.3 Å². The van der Waals surface area contributed by atoms with Crippen molar-refractivity contribution in [3.8, 4) is 22.7 Å². The van der Waals surface area contributed by atoms with E-state index in [9.17, 15) is 50.6 Å². The van der Waals surface area contributed by atoms with E-state index in [1.54, 1.807) is 70.2 Å². The molecule has 5 aromatic carbocycles. The highest BCUT2D eigenvalue weighted by Crippen LogP contribution is 2.38. The molecule has 0 fully saturated rings. The largest absolute Gasteiger partial charge is 0.397 e. The van der Waals surface area contributed by atoms with Crippen LogP contribution in [0.4, 0.5) is 35.1 Å². The summed E-state index contributed by atoms with van der Waals surface area (Å²) in [6.45, 7) is 8.35. The monoisotopic (exact) mass is 1070 g/mol. The van der Waals surface area contributed by atoms with Gasteiger partial charge in [0.1, 0.15) is 36.2 Å². The summed E-state index contributed by atoms with van der Waals surface area (Å²) in [7, 11) is 0. The SMILES string of the molecule is CCn1c(CO)nn(-c2cc3c(C(C)C(F)(F)F)nn(-c4ccccc4C)c(=O)c3cc2F)c1=O.CCn1c(COCc2ccccc2)nn(-c2cc3c(C(C)C(F)(F)F)nn(-c4ccccc4C)c(=O)c3cc2F)c1=O. The van der Waals surface area contributed by atoms with Gasteiger partial charge in [-0.25, -0.2) is 18.4 Å². The topological polar surface area (TPSA) is 179 Å². The van der Waals surface area contributed by atoms with Crippen LogP contribution < -0.4 is 22.5 Å². The molecule has 0 amide bonds. The molecule has 4 aromatic heterocycles. The van der Waals surface area contributed by atoms with E-state index in [-0.39, 0.29) is 70.9 Å². The zero-order chi connectivity index (χ0) is 55.8. The van der Waals surface area contributed by atoms with Gasteiger partial charge in [0.2, 0.25) is 0 Å². The van der Waals surface area contributed by atoms with E-state index < -0.39 is 87.7 Å². The number of rotatable bonds is 13. The van der Waals surface area contributed by atoms with Crippen molar-refractivity contribution in [3.63, 3.8) is 0 Å². The van der Waals surface area contributed by atoms with Gasteiger partial charge in [0.05, 0.1) is 52.0 Å². The molecule has 1 N–H and O–H groups in total. The maximum absolute atomic E-state index is 15.6. The number of fused-ring (bicyclic) bond motifs is 2. The third kappa shape index (κ3) is 10.6. The normalized spacial score (nSPS) is 12.8. The molecule has 0 aliphatic carbocycles. The predicted molar refractivity (Wildman–Crippen MR) is 268 cm³/mol. The average Bonchev–Trinajstić information content (AvgIpc) is 3.90. The summed E-state index contributed by atoms with van der Waals surface area (Å²) in [5.41, 5.74) is -2.40. The lowest BCUT2D eigenvalue weighted by Crippen LogP contribution is -2.28. The number of aromatic nitrogens is 10. The molecule has 4 heterocycles. The van der Waals surface area contributed by atoms with Gasteiger partial charge in [-0.1, -0.05) is 66.7 Å². The van der Waals surface area contributed by atoms with Crippen LogP contribution in [0.15, 0.2) is 122 Å². The number of para-hydroxylation sites is 2. The molecule has 402 valence electrons. The number of alkyl halides is 6. The van der Waals surface area contributed by atoms with E-state index >= 15 is 8.78 Å². The molecule has 0 aliphatic rings. The van der Waals surface area contributed by atoms with Crippen molar-refractivity contribution in [1.29, 1.82) is 0 Å². The van der Waals surface area contributed by atoms with Crippen LogP contribution in [0.3, 0.4) is 0 Å². The molecule has 0 radical (unpaired) electrons. The molecule has 9 aromatic rings. The van der Waals surface area contributed by atoms with Crippen LogP contribution >= 0.6 is 0 Å². The van der Waals surface area contributed by atoms with E-state index in [1.807, 2.05) is 30.3 Å². The van der Waals surface area contributed by atoms with Gasteiger partial charge in [-0.3, -0.25) is 18.7 Å². The fourth-order valence-electron chi connectivity index (χ4n) is 8.63. The minimum Gasteiger partial charge on any atom is -0.388 e. The fraction of sp³-hybridized carbons (Fsp3) is 0.283. The summed E-state index contributed by atoms with van der Waals surface area (Å²) < 4.78 is 125. The molecule has 0 saturated heterocycles. The van der Waals surface area contributed by atoms with Crippen LogP contribution in [-0.4, -0.2) is 65.7 Å². The Kier molecular flexibility index (Phi) is 15.5. The van der Waals surface area contributed by atoms with E-state index in [4.69, 9.17) is 4.74 Å². The lowest BCUT2D eigenvalue weighted by Gasteiger charge is -2.19. The molecule has 0 aliphatic heterocycles. The Hall–Kier alpha value is -8.38. The first kappa shape index (κ1) is 54.9. The molecular weight excluding hydrogens is 1020 g/mol. The highest BCUT2D eigenvalue weighted by molar-refractivity contribution is 5.87. The Balaban J connectivity index is 0.000000207. The number of ether oxygens (including phenoxy) is 1. The van der Waals surface area contributed by atoms with Gasteiger partial charge in [0, 0.05) is 23.9 Å². The van der Waals surface area contributed by atoms with Crippen LogP contribution in [0.1, 0.15) is 79.3 Å². The van der Waals surface area contributed by atoms with Gasteiger partial charge < -0.3 is 9.84 Å². The minimum absolute atomic E-state index is 0.0472. The highest BCUT2D eigenvalue weighted by Gasteiger charge is 2.41. The Labute approximate surface area is 431 Å². The smallest absolute Gasteiger partial charge is 0.388 e. The average molecular weight is 1070 g/mol. The first-order chi connectivity index (χ1) is 36.5. The number of nitrogens with zero attached hydrogens (tertiary/aromatic N) is 10. The van der Waals surface area contributed by atoms with Crippen molar-refractivity contribution in [2.24, 2.45) is 0 Å². The van der Waals surface area contributed by atoms with Gasteiger partial charge in [0.15, 0.2) is 11.6 Å². The van der Waals surface area contributed by atoms with E-state index in [1.165, 1.54) is 10.6 Å². The zero-order valence-electron chi connectivity index (χ0n) is 42.0. The molecule has 16 nitrogen and oxygen atoms in total. The van der Waals surface area contributed by atoms with Crippen LogP contribution in [0, 0.1) is 25.5 Å². The van der Waals surface area contributed by atoms with Gasteiger partial charge in [-0.15, -0.1) is 10.2 Å². The number of aliphatic hydroxyl groups is 1. The Morgan fingerprint density at radius 1 is 0.519 bits per heavy atom. The first-order valence-electron chi connectivity index (χ1n) is 23.9. The zero-order valence-corrected chi connectivity index (χ0v) is 42.0. The van der Waals surface area contributed by atoms with E-state index in [0.717, 1.165) is 62.3 Å². The number of benzene rings is 5. The van der Waals surface area contributed by atoms with Crippen molar-refractivity contribution < 1.29 is 45.0 Å². The maximum Gasteiger partial charge on any atom is 0.397 e. The van der Waals surface area contributed by atoms with Crippen LogP contribution in [0.2, 0.25) is 0 Å². The predicted octanol–water partition coefficient (Wildman–Crippen LogP) is 8.94. The van der Waals surface area contributed by atoms with Crippen LogP contribution in [-0.2, 0) is 37.6 Å². The minimum atomic E-state index is -4.72. The number of halogens is 8. The summed E-state index contributed by atoms with van der Waals surface area (Å²) in [5, 5.41) is 24.7. The fourth-order valence-corrected chi connectivity index (χ4v) is 8.63. The van der Waals surface area contributed by atoms with E-state index in [2.05, 4.69) is 20.4 Å². The number of hydrogen-bond donors (Lipinski definition) is 1. The van der Waals surface area contributed by atoms with Crippen molar-refractivity contribution in [3.05, 3.63) is 196 Å². The Morgan fingerprint density at radius 2 is 0.922 bits per heavy atom. The Morgan fingerprint density at radius 3 is 1.31 bits per heavy atom. The molecule has 0 bridgehead atoms. The van der Waals surface area contributed by atoms with Gasteiger partial charge in [-0.05, 0) is 94.6 Å². The number of hydrogen-bond acceptors (Lipinski definition) is 10. The highest BCUT2D eigenvalue weighted by atomic mass is 19.4. The standard InChI is InChI=1S/C30H27F4N5O3.C23H21F4N5O3/c1-4-37-26(17-42-16-20-11-6-5-7-12-20)35-39(29(37)41)25-15-21-22(14-23(25)31)28(40)38(24-13-9-8-10-18(24)2)36-27(21)19(3)30(32,33)34;1-4-30-19(11-33)28-32(22(30)35)18-10-14-15(9-16(18)24)21(34)31(17-8-6-5-7-12(17)2)29-20(14)13(3)23(25,26)27/h5-15,19H,4,16-17H2,1-3H3;5-10,13,33H,4,11H2,1-3H3. The van der Waals surface area contributed by atoms with Gasteiger partial charge in [-0.2, -0.15) is 55.3 Å². The molecule has 9 rings (SSSR count). The molecule has 2 atom stereocenters. The van der Waals surface area contributed by atoms with Crippen molar-refractivity contribution >= 4 is 21.5 Å². The van der Waals surface area contributed by atoms with Crippen molar-refractivity contribution in [2.75, 3.05) is 0 Å². The summed E-state index contributed by atoms with van der Waals surface area (Å²) in [5.74, 6) is -6.12. The third-order valence-corrected chi connectivity index (χ3v) is 12.9. The van der Waals surface area contributed by atoms with Gasteiger partial charge >= 0.3 is 23.7 Å². The van der Waals surface area contributed by atoms with Crippen molar-refractivity contribution in [2.45, 2.75) is 98.6 Å². The third-order valence-electron chi connectivity index (χ3n) is 12.9. The summed E-state index contributed by atoms with van der Waals surface area (Å²) in [6.07, 6.45) is -9.43. The Bertz CT molecular complexity index is 3930. The maximum atomic E-state index is 15.6. The summed E-state index contributed by atoms with van der Waals surface area (Å²) in [4.78, 5) is 52.7. The quantitative estimate of drug-likeness (QED) is 0.110. The lowest BCUT2D eigenvalue weighted by atomic mass is 10.00. The number of aryl methyl sites for hydroxylation is 2. The second-order valence-electron chi connectivity index (χ2n) is 17.8. The first-order valence-corrected chi connectivity index (χ1v) is 23.9. The molecular formula is C53H48F8N10O6. The van der Waals surface area contributed by atoms with Crippen LogP contribution in [0.25, 0.3) is 44.3 Å². The van der Waals surface area contributed by atoms with Crippen LogP contribution in [0.5, 0.6) is 0 Å². The molecule has 77 heavy (non-hydrogen) atoms. The summed E-state index contributed by atoms with van der Waals surface area (Å²) >= 11 is 0. The molecule has 24 heteroatoms. The second kappa shape index (κ2) is 21.7. The van der Waals surface area contributed by atoms with E-state index in [0.29, 0.717) is 15.8 Å². The van der Waals surface area contributed by atoms with Gasteiger partial charge in [0.25, 0.3) is 11.1 Å². The second-order valence-corrected chi connectivity index (χ2v) is 17.8. The summed E-state index contributed by atoms with van der Waals surface area (Å²) in [6, 6.07) is 26.0. The lowest BCUT2D eigenvalue weighted by molar-refractivity contribution is -0.147. The molecule has 2 unspecified atom stereocenters. The molecule has 0 saturated carbocycles. The number of aliphatic hydroxyl groups excluding tert-OH is 1.